The van der Waals surface area contributed by atoms with Gasteiger partial charge in [-0.05, 0) is 26.7 Å². The van der Waals surface area contributed by atoms with E-state index in [4.69, 9.17) is 16.3 Å². The number of aromatic nitrogens is 2. The first-order valence-corrected chi connectivity index (χ1v) is 6.06. The number of hydrogen-bond donors (Lipinski definition) is 1. The van der Waals surface area contributed by atoms with E-state index in [-0.39, 0.29) is 5.60 Å². The van der Waals surface area contributed by atoms with Gasteiger partial charge in [-0.1, -0.05) is 11.6 Å². The molecule has 0 saturated carbocycles. The van der Waals surface area contributed by atoms with Gasteiger partial charge in [0.05, 0.1) is 17.3 Å². The van der Waals surface area contributed by atoms with E-state index in [1.165, 1.54) is 0 Å². The van der Waals surface area contributed by atoms with E-state index in [1.807, 2.05) is 0 Å². The minimum atomic E-state index is -0.0636. The van der Waals surface area contributed by atoms with Crippen LogP contribution in [0, 0.1) is 0 Å². The Hall–Kier alpha value is -0.390. The first-order valence-electron chi connectivity index (χ1n) is 4.95. The number of halogens is 1. The maximum atomic E-state index is 5.87. The van der Waals surface area contributed by atoms with Crippen LogP contribution in [0.3, 0.4) is 0 Å². The van der Waals surface area contributed by atoms with Gasteiger partial charge >= 0.3 is 0 Å². The fraction of sp³-hybridized carbons (Fsp3) is 0.778. The third kappa shape index (κ3) is 2.80. The van der Waals surface area contributed by atoms with E-state index in [0.29, 0.717) is 17.0 Å². The van der Waals surface area contributed by atoms with Crippen LogP contribution < -0.4 is 5.32 Å². The van der Waals surface area contributed by atoms with E-state index >= 15 is 0 Å². The van der Waals surface area contributed by atoms with Gasteiger partial charge in [-0.15, -0.1) is 0 Å². The molecule has 2 rings (SSSR count). The van der Waals surface area contributed by atoms with Gasteiger partial charge in [0.1, 0.15) is 0 Å². The molecule has 1 N–H and O–H groups in total. The van der Waals surface area contributed by atoms with Crippen molar-refractivity contribution >= 4 is 29.1 Å². The molecule has 0 amide bonds. The second-order valence-corrected chi connectivity index (χ2v) is 5.23. The Morgan fingerprint density at radius 3 is 2.93 bits per heavy atom. The average molecular weight is 248 g/mol. The van der Waals surface area contributed by atoms with Gasteiger partial charge in [0.25, 0.3) is 0 Å². The molecule has 1 atom stereocenters. The zero-order chi connectivity index (χ0) is 10.9. The van der Waals surface area contributed by atoms with Crippen LogP contribution in [-0.4, -0.2) is 27.0 Å². The van der Waals surface area contributed by atoms with Crippen molar-refractivity contribution in [2.75, 3.05) is 11.9 Å². The van der Waals surface area contributed by atoms with Crippen molar-refractivity contribution in [3.8, 4) is 0 Å². The van der Waals surface area contributed by atoms with E-state index in [9.17, 15) is 0 Å². The molecule has 1 aromatic heterocycles. The summed E-state index contributed by atoms with van der Waals surface area (Å²) in [6.07, 6.45) is 1.94. The molecule has 1 aromatic rings. The lowest BCUT2D eigenvalue weighted by Crippen LogP contribution is -2.40. The van der Waals surface area contributed by atoms with Crippen LogP contribution in [0.15, 0.2) is 0 Å². The van der Waals surface area contributed by atoms with E-state index in [2.05, 4.69) is 27.9 Å². The summed E-state index contributed by atoms with van der Waals surface area (Å²) in [4.78, 5) is 0. The van der Waals surface area contributed by atoms with Gasteiger partial charge in [0.2, 0.25) is 0 Å². The largest absolute Gasteiger partial charge is 0.375 e. The van der Waals surface area contributed by atoms with Crippen LogP contribution in [0.2, 0.25) is 5.15 Å². The van der Waals surface area contributed by atoms with E-state index < -0.39 is 0 Å². The third-order valence-corrected chi connectivity index (χ3v) is 3.38. The second kappa shape index (κ2) is 4.23. The molecule has 1 saturated heterocycles. The van der Waals surface area contributed by atoms with Crippen molar-refractivity contribution in [2.24, 2.45) is 0 Å². The second-order valence-electron chi connectivity index (χ2n) is 4.35. The van der Waals surface area contributed by atoms with Gasteiger partial charge in [0, 0.05) is 12.6 Å². The van der Waals surface area contributed by atoms with Gasteiger partial charge in [-0.3, -0.25) is 0 Å². The fourth-order valence-corrected chi connectivity index (χ4v) is 2.47. The topological polar surface area (TPSA) is 47.0 Å². The standard InChI is InChI=1S/C9H14ClN3OS/c1-9(2)5-6(3-4-14-9)11-8-7(10)12-15-13-8/h6H,3-5H2,1-2H3,(H,11,13). The summed E-state index contributed by atoms with van der Waals surface area (Å²) in [7, 11) is 0. The highest BCUT2D eigenvalue weighted by atomic mass is 35.5. The summed E-state index contributed by atoms with van der Waals surface area (Å²) in [5.74, 6) is 0.698. The van der Waals surface area contributed by atoms with Gasteiger partial charge in [-0.25, -0.2) is 0 Å². The first-order chi connectivity index (χ1) is 7.07. The van der Waals surface area contributed by atoms with Gasteiger partial charge in [0.15, 0.2) is 11.0 Å². The van der Waals surface area contributed by atoms with Crippen LogP contribution in [0.1, 0.15) is 26.7 Å². The van der Waals surface area contributed by atoms with Crippen molar-refractivity contribution in [3.05, 3.63) is 5.15 Å². The number of hydrogen-bond acceptors (Lipinski definition) is 5. The van der Waals surface area contributed by atoms with Crippen molar-refractivity contribution in [1.29, 1.82) is 0 Å². The van der Waals surface area contributed by atoms with Crippen molar-refractivity contribution < 1.29 is 4.74 Å². The lowest BCUT2D eigenvalue weighted by molar-refractivity contribution is -0.0553. The molecule has 6 heteroatoms. The lowest BCUT2D eigenvalue weighted by atomic mass is 9.94. The minimum Gasteiger partial charge on any atom is -0.375 e. The predicted octanol–water partition coefficient (Wildman–Crippen LogP) is 2.56. The fourth-order valence-electron chi connectivity index (χ4n) is 1.81. The molecule has 0 radical (unpaired) electrons. The third-order valence-electron chi connectivity index (χ3n) is 2.49. The highest BCUT2D eigenvalue weighted by molar-refractivity contribution is 6.99. The smallest absolute Gasteiger partial charge is 0.186 e. The Bertz CT molecular complexity index is 342. The molecule has 2 heterocycles. The van der Waals surface area contributed by atoms with E-state index in [0.717, 1.165) is 31.2 Å². The predicted molar refractivity (Wildman–Crippen MR) is 61.6 cm³/mol. The van der Waals surface area contributed by atoms with Crippen molar-refractivity contribution in [2.45, 2.75) is 38.3 Å². The molecule has 1 unspecified atom stereocenters. The first kappa shape index (κ1) is 11.1. The molecular formula is C9H14ClN3OS. The van der Waals surface area contributed by atoms with Crippen molar-refractivity contribution in [3.63, 3.8) is 0 Å². The zero-order valence-corrected chi connectivity index (χ0v) is 10.4. The van der Waals surface area contributed by atoms with Crippen LogP contribution in [0.25, 0.3) is 0 Å². The summed E-state index contributed by atoms with van der Waals surface area (Å²) in [5.41, 5.74) is -0.0636. The van der Waals surface area contributed by atoms with Crippen LogP contribution in [-0.2, 0) is 4.74 Å². The molecule has 4 nitrogen and oxygen atoms in total. The SMILES string of the molecule is CC1(C)CC(Nc2nsnc2Cl)CCO1. The van der Waals surface area contributed by atoms with Gasteiger partial charge in [-0.2, -0.15) is 8.75 Å². The Labute approximate surface area is 98.3 Å². The number of nitrogens with zero attached hydrogens (tertiary/aromatic N) is 2. The van der Waals surface area contributed by atoms with Crippen molar-refractivity contribution in [1.82, 2.24) is 8.75 Å². The monoisotopic (exact) mass is 247 g/mol. The number of nitrogens with one attached hydrogen (secondary N) is 1. The average Bonchev–Trinajstić information content (AvgIpc) is 2.50. The Morgan fingerprint density at radius 2 is 2.33 bits per heavy atom. The quantitative estimate of drug-likeness (QED) is 0.873. The minimum absolute atomic E-state index is 0.0636. The summed E-state index contributed by atoms with van der Waals surface area (Å²) in [6.45, 7) is 4.98. The highest BCUT2D eigenvalue weighted by Gasteiger charge is 2.29. The summed E-state index contributed by atoms with van der Waals surface area (Å²) in [6, 6.07) is 0.371. The molecule has 0 aromatic carbocycles. The lowest BCUT2D eigenvalue weighted by Gasteiger charge is -2.35. The maximum absolute atomic E-state index is 5.87. The van der Waals surface area contributed by atoms with Crippen LogP contribution >= 0.6 is 23.3 Å². The molecule has 0 spiro atoms. The zero-order valence-electron chi connectivity index (χ0n) is 8.79. The molecule has 15 heavy (non-hydrogen) atoms. The normalized spacial score (nSPS) is 25.1. The molecule has 1 aliphatic rings. The summed E-state index contributed by atoms with van der Waals surface area (Å²) >= 11 is 7.00. The molecule has 0 bridgehead atoms. The van der Waals surface area contributed by atoms with E-state index in [1.54, 1.807) is 0 Å². The summed E-state index contributed by atoms with van der Waals surface area (Å²) < 4.78 is 13.7. The molecule has 0 aliphatic carbocycles. The molecule has 1 aliphatic heterocycles. The summed E-state index contributed by atoms with van der Waals surface area (Å²) in [5, 5.41) is 3.77. The molecule has 84 valence electrons. The van der Waals surface area contributed by atoms with Gasteiger partial charge < -0.3 is 10.1 Å². The Kier molecular flexibility index (Phi) is 3.13. The Morgan fingerprint density at radius 1 is 1.53 bits per heavy atom. The number of ether oxygens (including phenoxy) is 1. The van der Waals surface area contributed by atoms with Crippen LogP contribution in [0.5, 0.6) is 0 Å². The highest BCUT2D eigenvalue weighted by Crippen LogP contribution is 2.27. The Balaban J connectivity index is 1.98. The maximum Gasteiger partial charge on any atom is 0.186 e. The number of anilines is 1. The molecular weight excluding hydrogens is 234 g/mol. The molecule has 1 fully saturated rings. The number of rotatable bonds is 2. The van der Waals surface area contributed by atoms with Crippen LogP contribution in [0.4, 0.5) is 5.82 Å².